The number of carbonyl (C=O) groups is 1. The summed E-state index contributed by atoms with van der Waals surface area (Å²) in [7, 11) is 0. The minimum absolute atomic E-state index is 0.237. The Morgan fingerprint density at radius 1 is 1.22 bits per heavy atom. The first-order chi connectivity index (χ1) is 10.7. The van der Waals surface area contributed by atoms with E-state index in [2.05, 4.69) is 45.9 Å². The minimum Gasteiger partial charge on any atom is -0.463 e. The van der Waals surface area contributed by atoms with Crippen molar-refractivity contribution in [2.45, 2.75) is 48.0 Å². The quantitative estimate of drug-likeness (QED) is 0.385. The smallest absolute Gasteiger partial charge is 0.333 e. The van der Waals surface area contributed by atoms with E-state index in [9.17, 15) is 4.79 Å². The first-order valence-electron chi connectivity index (χ1n) is 8.35. The lowest BCUT2D eigenvalue weighted by Crippen LogP contribution is -2.13. The normalized spacial score (nSPS) is 14.5. The van der Waals surface area contributed by atoms with Crippen LogP contribution in [0.1, 0.15) is 53.5 Å². The molecule has 0 bridgehead atoms. The van der Waals surface area contributed by atoms with Gasteiger partial charge >= 0.3 is 5.97 Å². The zero-order valence-corrected chi connectivity index (χ0v) is 15.3. The molecule has 126 valence electrons. The molecular weight excluding hydrogens is 284 g/mol. The van der Waals surface area contributed by atoms with E-state index in [-0.39, 0.29) is 11.4 Å². The maximum atomic E-state index is 11.9. The number of hydrogen-bond acceptors (Lipinski definition) is 2. The molecule has 23 heavy (non-hydrogen) atoms. The molecule has 0 aliphatic carbocycles. The number of allylic oxidation sites excluding steroid dienone is 2. The molecule has 0 amide bonds. The lowest BCUT2D eigenvalue weighted by Gasteiger charge is -2.24. The second-order valence-corrected chi connectivity index (χ2v) is 7.27. The van der Waals surface area contributed by atoms with Crippen LogP contribution in [0.25, 0.3) is 6.08 Å². The van der Waals surface area contributed by atoms with Crippen LogP contribution in [0.15, 0.2) is 47.6 Å². The molecule has 0 aliphatic heterocycles. The van der Waals surface area contributed by atoms with Crippen molar-refractivity contribution in [3.8, 4) is 0 Å². The van der Waals surface area contributed by atoms with Crippen LogP contribution in [0.5, 0.6) is 0 Å². The number of hydrogen-bond donors (Lipinski definition) is 0. The number of carbonyl (C=O) groups excluding carboxylic acids is 1. The molecule has 2 nitrogen and oxygen atoms in total. The largest absolute Gasteiger partial charge is 0.463 e. The van der Waals surface area contributed by atoms with Crippen LogP contribution >= 0.6 is 0 Å². The molecule has 1 aromatic carbocycles. The van der Waals surface area contributed by atoms with Crippen molar-refractivity contribution in [1.29, 1.82) is 0 Å². The van der Waals surface area contributed by atoms with Gasteiger partial charge in [0.15, 0.2) is 0 Å². The van der Waals surface area contributed by atoms with Gasteiger partial charge in [0.2, 0.25) is 0 Å². The summed E-state index contributed by atoms with van der Waals surface area (Å²) >= 11 is 0. The third-order valence-electron chi connectivity index (χ3n) is 3.60. The third-order valence-corrected chi connectivity index (χ3v) is 3.60. The summed E-state index contributed by atoms with van der Waals surface area (Å²) in [6, 6.07) is 10.2. The van der Waals surface area contributed by atoms with Gasteiger partial charge in [-0.3, -0.25) is 0 Å². The Bertz CT molecular complexity index is 559. The molecule has 0 radical (unpaired) electrons. The molecule has 0 saturated heterocycles. The summed E-state index contributed by atoms with van der Waals surface area (Å²) in [6.45, 7) is 13.0. The van der Waals surface area contributed by atoms with E-state index in [0.717, 1.165) is 17.6 Å². The van der Waals surface area contributed by atoms with E-state index >= 15 is 0 Å². The van der Waals surface area contributed by atoms with Gasteiger partial charge in [-0.15, -0.1) is 0 Å². The molecule has 0 fully saturated rings. The number of esters is 1. The average molecular weight is 314 g/mol. The van der Waals surface area contributed by atoms with E-state index < -0.39 is 0 Å². The number of rotatable bonds is 6. The van der Waals surface area contributed by atoms with E-state index in [1.807, 2.05) is 38.1 Å². The molecule has 2 heteroatoms. The molecule has 0 saturated carbocycles. The number of benzene rings is 1. The molecule has 1 atom stereocenters. The van der Waals surface area contributed by atoms with E-state index in [1.165, 1.54) is 0 Å². The van der Waals surface area contributed by atoms with Gasteiger partial charge in [0.1, 0.15) is 0 Å². The Morgan fingerprint density at radius 2 is 1.83 bits per heavy atom. The molecule has 0 aromatic heterocycles. The van der Waals surface area contributed by atoms with Crippen LogP contribution in [-0.2, 0) is 9.53 Å². The lowest BCUT2D eigenvalue weighted by molar-refractivity contribution is -0.138. The predicted octanol–water partition coefficient (Wildman–Crippen LogP) is 5.65. The van der Waals surface area contributed by atoms with Crippen molar-refractivity contribution in [2.24, 2.45) is 11.3 Å². The van der Waals surface area contributed by atoms with Crippen molar-refractivity contribution < 1.29 is 9.53 Å². The highest BCUT2D eigenvalue weighted by Crippen LogP contribution is 2.30. The second kappa shape index (κ2) is 8.71. The Kier molecular flexibility index (Phi) is 7.28. The van der Waals surface area contributed by atoms with Crippen molar-refractivity contribution in [1.82, 2.24) is 0 Å². The first-order valence-corrected chi connectivity index (χ1v) is 8.35. The molecule has 0 aliphatic rings. The van der Waals surface area contributed by atoms with Gasteiger partial charge in [-0.05, 0) is 48.8 Å². The topological polar surface area (TPSA) is 26.3 Å². The maximum Gasteiger partial charge on any atom is 0.333 e. The van der Waals surface area contributed by atoms with Gasteiger partial charge < -0.3 is 4.74 Å². The summed E-state index contributed by atoms with van der Waals surface area (Å²) in [6.07, 6.45) is 5.19. The van der Waals surface area contributed by atoms with E-state index in [4.69, 9.17) is 4.74 Å². The maximum absolute atomic E-state index is 11.9. The minimum atomic E-state index is -0.241. The van der Waals surface area contributed by atoms with Gasteiger partial charge in [-0.25, -0.2) is 4.79 Å². The van der Waals surface area contributed by atoms with Gasteiger partial charge in [0.05, 0.1) is 6.61 Å². The van der Waals surface area contributed by atoms with Crippen LogP contribution in [0.3, 0.4) is 0 Å². The van der Waals surface area contributed by atoms with Crippen LogP contribution in [-0.4, -0.2) is 12.6 Å². The Balaban J connectivity index is 3.13. The molecule has 1 unspecified atom stereocenters. The van der Waals surface area contributed by atoms with Crippen molar-refractivity contribution in [3.63, 3.8) is 0 Å². The van der Waals surface area contributed by atoms with Crippen LogP contribution < -0.4 is 0 Å². The van der Waals surface area contributed by atoms with Gasteiger partial charge in [-0.1, -0.05) is 64.1 Å². The summed E-state index contributed by atoms with van der Waals surface area (Å²) in [5.74, 6) is 0.119. The standard InChI is InChI=1S/C21H30O2/c1-7-23-20(22)16(2)13-19(17(3)15-21(4,5)6)14-18-11-9-8-10-12-18/h8-14,17H,7,15H2,1-6H3/b16-13+,19-14-. The highest BCUT2D eigenvalue weighted by Gasteiger charge is 2.18. The van der Waals surface area contributed by atoms with Crippen molar-refractivity contribution >= 4 is 12.0 Å². The number of ether oxygens (including phenoxy) is 1. The Morgan fingerprint density at radius 3 is 2.35 bits per heavy atom. The zero-order chi connectivity index (χ0) is 17.5. The molecule has 0 N–H and O–H groups in total. The highest BCUT2D eigenvalue weighted by atomic mass is 16.5. The monoisotopic (exact) mass is 314 g/mol. The molecule has 0 spiro atoms. The van der Waals surface area contributed by atoms with E-state index in [1.54, 1.807) is 0 Å². The molecular formula is C21H30O2. The summed E-state index contributed by atoms with van der Waals surface area (Å²) in [4.78, 5) is 11.9. The fourth-order valence-corrected chi connectivity index (χ4v) is 2.66. The highest BCUT2D eigenvalue weighted by molar-refractivity contribution is 5.88. The van der Waals surface area contributed by atoms with Crippen LogP contribution in [0.2, 0.25) is 0 Å². The zero-order valence-electron chi connectivity index (χ0n) is 15.3. The fraction of sp³-hybridized carbons (Fsp3) is 0.476. The Hall–Kier alpha value is -1.83. The van der Waals surface area contributed by atoms with Crippen molar-refractivity contribution in [3.05, 3.63) is 53.1 Å². The van der Waals surface area contributed by atoms with Gasteiger partial charge in [-0.2, -0.15) is 0 Å². The average Bonchev–Trinajstić information content (AvgIpc) is 2.46. The predicted molar refractivity (Wildman–Crippen MR) is 98.0 cm³/mol. The molecule has 0 heterocycles. The Labute approximate surface area is 141 Å². The van der Waals surface area contributed by atoms with Gasteiger partial charge in [0.25, 0.3) is 0 Å². The molecule has 1 rings (SSSR count). The third kappa shape index (κ3) is 7.32. The van der Waals surface area contributed by atoms with Crippen molar-refractivity contribution in [2.75, 3.05) is 6.61 Å². The first kappa shape index (κ1) is 19.2. The second-order valence-electron chi connectivity index (χ2n) is 7.27. The summed E-state index contributed by atoms with van der Waals surface area (Å²) in [5, 5.41) is 0. The summed E-state index contributed by atoms with van der Waals surface area (Å²) in [5.41, 5.74) is 3.20. The van der Waals surface area contributed by atoms with Crippen LogP contribution in [0.4, 0.5) is 0 Å². The van der Waals surface area contributed by atoms with Crippen LogP contribution in [0, 0.1) is 11.3 Å². The van der Waals surface area contributed by atoms with Gasteiger partial charge in [0, 0.05) is 5.57 Å². The molecule has 1 aromatic rings. The summed E-state index contributed by atoms with van der Waals surface area (Å²) < 4.78 is 5.10. The van der Waals surface area contributed by atoms with E-state index in [0.29, 0.717) is 18.1 Å². The lowest BCUT2D eigenvalue weighted by atomic mass is 9.81. The fourth-order valence-electron chi connectivity index (χ4n) is 2.66. The SMILES string of the molecule is CCOC(=O)/C(C)=C/C(=C/c1ccccc1)C(C)CC(C)(C)C.